The van der Waals surface area contributed by atoms with Crippen molar-refractivity contribution in [2.75, 3.05) is 0 Å². The lowest BCUT2D eigenvalue weighted by atomic mass is 11.1. The Labute approximate surface area is 55.9 Å². The predicted octanol–water partition coefficient (Wildman–Crippen LogP) is -2.35. The minimum atomic E-state index is -3.46. The second kappa shape index (κ2) is 2.05. The molecule has 1 unspecified atom stereocenters. The molecule has 10 heavy (non-hydrogen) atoms. The molecule has 1 heterocycles. The molecule has 1 saturated heterocycles. The molecule has 0 aliphatic carbocycles. The summed E-state index contributed by atoms with van der Waals surface area (Å²) in [5.41, 5.74) is 2.91. The second-order valence-electron chi connectivity index (χ2n) is 1.41. The van der Waals surface area contributed by atoms with Gasteiger partial charge in [0.25, 0.3) is 0 Å². The Kier molecular flexibility index (Phi) is 1.48. The van der Waals surface area contributed by atoms with Gasteiger partial charge in [-0.15, -0.1) is 0 Å². The third-order valence-electron chi connectivity index (χ3n) is 0.711. The Hall–Kier alpha value is -0.900. The molecular formula is CH4N4O4S. The third-order valence-corrected chi connectivity index (χ3v) is 1.61. The molecule has 0 bridgehead atoms. The molecule has 0 radical (unpaired) electrons. The lowest BCUT2D eigenvalue weighted by Gasteiger charge is -1.95. The number of hydrazine groups is 2. The van der Waals surface area contributed by atoms with Crippen LogP contribution in [0.15, 0.2) is 0 Å². The molecule has 4 N–H and O–H groups in total. The first-order chi connectivity index (χ1) is 4.56. The van der Waals surface area contributed by atoms with Gasteiger partial charge in [-0.25, -0.2) is 15.7 Å². The van der Waals surface area contributed by atoms with Crippen molar-refractivity contribution in [1.82, 2.24) is 20.3 Å². The van der Waals surface area contributed by atoms with E-state index in [1.54, 1.807) is 10.3 Å². The third kappa shape index (κ3) is 1.33. The zero-order valence-corrected chi connectivity index (χ0v) is 5.34. The molecule has 1 aliphatic rings. The van der Waals surface area contributed by atoms with E-state index in [2.05, 4.69) is 0 Å². The van der Waals surface area contributed by atoms with E-state index in [-0.39, 0.29) is 0 Å². The molecule has 1 atom stereocenters. The Morgan fingerprint density at radius 2 is 2.10 bits per heavy atom. The maximum Gasteiger partial charge on any atom is 0.355 e. The van der Waals surface area contributed by atoms with E-state index in [1.807, 2.05) is 0 Å². The number of nitrogens with zero attached hydrogens (tertiary/aromatic N) is 1. The molecular weight excluding hydrogens is 164 g/mol. The molecule has 8 nitrogen and oxygen atoms in total. The highest BCUT2D eigenvalue weighted by Crippen LogP contribution is 2.03. The number of carbonyl (C=O) groups is 1. The molecule has 0 saturated carbocycles. The maximum atomic E-state index is 10.2. The van der Waals surface area contributed by atoms with Crippen LogP contribution in [0, 0.1) is 0 Å². The monoisotopic (exact) mass is 168 g/mol. The van der Waals surface area contributed by atoms with Gasteiger partial charge in [-0.2, -0.15) is 8.42 Å². The van der Waals surface area contributed by atoms with E-state index >= 15 is 0 Å². The molecule has 0 spiro atoms. The second-order valence-corrected chi connectivity index (χ2v) is 2.91. The maximum absolute atomic E-state index is 10.2. The normalized spacial score (nSPS) is 27.1. The minimum absolute atomic E-state index is 0.443. The Morgan fingerprint density at radius 3 is 2.40 bits per heavy atom. The van der Waals surface area contributed by atoms with Crippen molar-refractivity contribution in [3.8, 4) is 0 Å². The van der Waals surface area contributed by atoms with E-state index in [4.69, 9.17) is 5.21 Å². The first kappa shape index (κ1) is 7.21. The number of rotatable bonds is 1. The van der Waals surface area contributed by atoms with Crippen LogP contribution in [0.4, 0.5) is 4.79 Å². The molecule has 2 amide bonds. The van der Waals surface area contributed by atoms with Crippen LogP contribution in [0.25, 0.3) is 0 Å². The van der Waals surface area contributed by atoms with E-state index in [0.717, 1.165) is 0 Å². The van der Waals surface area contributed by atoms with Gasteiger partial charge in [-0.05, 0) is 4.52 Å². The summed E-state index contributed by atoms with van der Waals surface area (Å²) in [6, 6.07) is -1.03. The van der Waals surface area contributed by atoms with Crippen LogP contribution in [0.1, 0.15) is 0 Å². The molecule has 9 heteroatoms. The number of urea groups is 1. The van der Waals surface area contributed by atoms with Gasteiger partial charge in [-0.1, -0.05) is 4.83 Å². The Balaban J connectivity index is 2.38. The molecule has 58 valence electrons. The van der Waals surface area contributed by atoms with Gasteiger partial charge in [0.1, 0.15) is 0 Å². The van der Waals surface area contributed by atoms with Gasteiger partial charge in [0.05, 0.1) is 0 Å². The fourth-order valence-electron chi connectivity index (χ4n) is 0.288. The van der Waals surface area contributed by atoms with Gasteiger partial charge >= 0.3 is 16.2 Å². The number of hydroxylamine groups is 1. The molecule has 1 fully saturated rings. The summed E-state index contributed by atoms with van der Waals surface area (Å²) in [6.07, 6.45) is 0. The van der Waals surface area contributed by atoms with Crippen molar-refractivity contribution in [1.29, 1.82) is 0 Å². The van der Waals surface area contributed by atoms with Gasteiger partial charge < -0.3 is 0 Å². The fourth-order valence-corrected chi connectivity index (χ4v) is 0.896. The summed E-state index contributed by atoms with van der Waals surface area (Å²) in [5, 5.41) is 7.87. The quantitative estimate of drug-likeness (QED) is 0.199. The van der Waals surface area contributed by atoms with Crippen molar-refractivity contribution in [3.63, 3.8) is 0 Å². The zero-order chi connectivity index (χ0) is 7.78. The number of hydrogen-bond acceptors (Lipinski definition) is 4. The van der Waals surface area contributed by atoms with Crippen molar-refractivity contribution in [2.24, 2.45) is 0 Å². The largest absolute Gasteiger partial charge is 0.355 e. The predicted molar refractivity (Wildman–Crippen MR) is 27.3 cm³/mol. The molecule has 0 aromatic carbocycles. The summed E-state index contributed by atoms with van der Waals surface area (Å²) >= 11 is 0. The lowest BCUT2D eigenvalue weighted by molar-refractivity contribution is 0.152. The Morgan fingerprint density at radius 1 is 1.60 bits per heavy atom. The van der Waals surface area contributed by atoms with Gasteiger partial charge in [-0.3, -0.25) is 5.21 Å². The fraction of sp³-hybridized carbons (Fsp3) is 0. The topological polar surface area (TPSA) is 120 Å². The molecule has 0 aromatic heterocycles. The van der Waals surface area contributed by atoms with Crippen LogP contribution in [0.5, 0.6) is 0 Å². The van der Waals surface area contributed by atoms with Crippen LogP contribution >= 0.6 is 0 Å². The molecule has 1 aliphatic heterocycles. The number of hydrogen-bond donors (Lipinski definition) is 4. The smallest absolute Gasteiger partial charge is 0.287 e. The molecule has 0 aromatic rings. The average Bonchev–Trinajstić information content (AvgIpc) is 2.40. The summed E-state index contributed by atoms with van der Waals surface area (Å²) in [7, 11) is -3.46. The van der Waals surface area contributed by atoms with Crippen LogP contribution in [-0.2, 0) is 10.2 Å². The zero-order valence-electron chi connectivity index (χ0n) is 4.53. The minimum Gasteiger partial charge on any atom is -0.287 e. The van der Waals surface area contributed by atoms with Crippen molar-refractivity contribution in [3.05, 3.63) is 0 Å². The number of carbonyl (C=O) groups excluding carboxylic acids is 1. The number of nitrogens with one attached hydrogen (secondary N) is 3. The van der Waals surface area contributed by atoms with E-state index in [0.29, 0.717) is 4.52 Å². The van der Waals surface area contributed by atoms with Crippen LogP contribution in [-0.4, -0.2) is 24.2 Å². The summed E-state index contributed by atoms with van der Waals surface area (Å²) < 4.78 is 20.9. The summed E-state index contributed by atoms with van der Waals surface area (Å²) in [6.45, 7) is 0. The van der Waals surface area contributed by atoms with Crippen LogP contribution in [0.2, 0.25) is 0 Å². The van der Waals surface area contributed by atoms with E-state index in [9.17, 15) is 13.2 Å². The van der Waals surface area contributed by atoms with Gasteiger partial charge in [0.15, 0.2) is 0 Å². The van der Waals surface area contributed by atoms with Gasteiger partial charge in [0.2, 0.25) is 0 Å². The van der Waals surface area contributed by atoms with Crippen molar-refractivity contribution >= 4 is 16.2 Å². The first-order valence-electron chi connectivity index (χ1n) is 2.09. The Bertz CT molecular complexity index is 244. The molecule has 1 rings (SSSR count). The first-order valence-corrected chi connectivity index (χ1v) is 3.54. The standard InChI is InChI=1S/CH4N4O4S/c6-1(3-7)2-5-4-10(5,8)9/h4,7H,(H2,2,3,6). The van der Waals surface area contributed by atoms with Crippen LogP contribution < -0.4 is 15.7 Å². The summed E-state index contributed by atoms with van der Waals surface area (Å²) in [5.74, 6) is 0. The highest BCUT2D eigenvalue weighted by Gasteiger charge is 2.41. The average molecular weight is 168 g/mol. The van der Waals surface area contributed by atoms with Crippen molar-refractivity contribution < 1.29 is 18.4 Å². The SMILES string of the molecule is O=C(NO)NN1NS1(=O)=O. The van der Waals surface area contributed by atoms with Crippen LogP contribution in [0.3, 0.4) is 0 Å². The number of amides is 2. The van der Waals surface area contributed by atoms with Crippen molar-refractivity contribution in [2.45, 2.75) is 0 Å². The summed E-state index contributed by atoms with van der Waals surface area (Å²) in [4.78, 5) is 11.9. The highest BCUT2D eigenvalue weighted by molar-refractivity contribution is 7.92. The highest BCUT2D eigenvalue weighted by atomic mass is 32.2. The van der Waals surface area contributed by atoms with E-state index in [1.165, 1.54) is 5.48 Å². The lowest BCUT2D eigenvalue weighted by Crippen LogP contribution is -2.38. The van der Waals surface area contributed by atoms with E-state index < -0.39 is 16.2 Å². The van der Waals surface area contributed by atoms with Gasteiger partial charge in [0, 0.05) is 0 Å².